The highest BCUT2D eigenvalue weighted by molar-refractivity contribution is 9.10. The number of fused-ring (bicyclic) bond motifs is 1. The monoisotopic (exact) mass is 500 g/mol. The highest BCUT2D eigenvalue weighted by atomic mass is 79.9. The van der Waals surface area contributed by atoms with Crippen LogP contribution in [0.3, 0.4) is 0 Å². The molecule has 138 valence electrons. The molecule has 3 rings (SSSR count). The summed E-state index contributed by atoms with van der Waals surface area (Å²) in [6.07, 6.45) is 0.770. The Kier molecular flexibility index (Phi) is 5.86. The summed E-state index contributed by atoms with van der Waals surface area (Å²) in [5.74, 6) is -0.214. The molecule has 0 aromatic heterocycles. The van der Waals surface area contributed by atoms with Gasteiger partial charge in [0.05, 0.1) is 11.4 Å². The number of sulfonamides is 1. The van der Waals surface area contributed by atoms with E-state index in [1.807, 2.05) is 18.2 Å². The Labute approximate surface area is 170 Å². The number of hydrogen-bond donors (Lipinski definition) is 0. The van der Waals surface area contributed by atoms with Crippen LogP contribution in [0.15, 0.2) is 56.3 Å². The normalized spacial score (nSPS) is 13.9. The van der Waals surface area contributed by atoms with E-state index in [0.29, 0.717) is 6.54 Å². The zero-order valence-corrected chi connectivity index (χ0v) is 18.1. The summed E-state index contributed by atoms with van der Waals surface area (Å²) in [5, 5.41) is 0. The summed E-state index contributed by atoms with van der Waals surface area (Å²) in [7, 11) is -3.72. The van der Waals surface area contributed by atoms with Crippen LogP contribution in [0, 0.1) is 0 Å². The fraction of sp³-hybridized carbons (Fsp3) is 0.278. The van der Waals surface area contributed by atoms with Gasteiger partial charge in [-0.3, -0.25) is 4.79 Å². The van der Waals surface area contributed by atoms with Gasteiger partial charge in [0.2, 0.25) is 15.9 Å². The first-order valence-electron chi connectivity index (χ1n) is 8.17. The summed E-state index contributed by atoms with van der Waals surface area (Å²) in [4.78, 5) is 14.6. The van der Waals surface area contributed by atoms with E-state index >= 15 is 0 Å². The molecule has 0 N–H and O–H groups in total. The molecule has 5 nitrogen and oxygen atoms in total. The molecular formula is C18H18Br2N2O3S. The molecular weight excluding hydrogens is 484 g/mol. The van der Waals surface area contributed by atoms with Gasteiger partial charge in [-0.25, -0.2) is 8.42 Å². The number of anilines is 1. The van der Waals surface area contributed by atoms with Crippen LogP contribution in [-0.2, 0) is 21.2 Å². The molecule has 0 spiro atoms. The van der Waals surface area contributed by atoms with E-state index in [4.69, 9.17) is 0 Å². The highest BCUT2D eigenvalue weighted by Crippen LogP contribution is 2.31. The summed E-state index contributed by atoms with van der Waals surface area (Å²) < 4.78 is 28.7. The lowest BCUT2D eigenvalue weighted by Gasteiger charge is -2.24. The predicted molar refractivity (Wildman–Crippen MR) is 109 cm³/mol. The molecule has 0 atom stereocenters. The summed E-state index contributed by atoms with van der Waals surface area (Å²) in [6.45, 7) is 2.36. The number of rotatable bonds is 5. The van der Waals surface area contributed by atoms with Crippen molar-refractivity contribution in [1.82, 2.24) is 4.31 Å². The topological polar surface area (TPSA) is 57.7 Å². The number of likely N-dealkylation sites (N-methyl/N-ethyl adjacent to an activating group) is 1. The summed E-state index contributed by atoms with van der Waals surface area (Å²) in [5.41, 5.74) is 1.95. The Hall–Kier alpha value is -1.22. The van der Waals surface area contributed by atoms with Gasteiger partial charge in [0, 0.05) is 27.7 Å². The molecule has 8 heteroatoms. The number of carbonyl (C=O) groups excluding carboxylic acids is 1. The van der Waals surface area contributed by atoms with Crippen LogP contribution in [0.5, 0.6) is 0 Å². The van der Waals surface area contributed by atoms with Crippen LogP contribution in [0.2, 0.25) is 0 Å². The molecule has 26 heavy (non-hydrogen) atoms. The molecule has 0 saturated carbocycles. The largest absolute Gasteiger partial charge is 0.311 e. The summed E-state index contributed by atoms with van der Waals surface area (Å²) >= 11 is 6.74. The van der Waals surface area contributed by atoms with Crippen molar-refractivity contribution in [3.63, 3.8) is 0 Å². The van der Waals surface area contributed by atoms with E-state index in [1.165, 1.54) is 16.4 Å². The van der Waals surface area contributed by atoms with Gasteiger partial charge in [-0.15, -0.1) is 0 Å². The Bertz CT molecular complexity index is 930. The average molecular weight is 502 g/mol. The van der Waals surface area contributed by atoms with E-state index < -0.39 is 10.0 Å². The Balaban J connectivity index is 1.81. The Morgan fingerprint density at radius 2 is 1.77 bits per heavy atom. The van der Waals surface area contributed by atoms with Crippen molar-refractivity contribution in [2.45, 2.75) is 18.2 Å². The maximum Gasteiger partial charge on any atom is 0.243 e. The SMILES string of the molecule is CCN(CC(=O)N1CCc2cc(Br)ccc21)S(=O)(=O)c1ccc(Br)cc1. The van der Waals surface area contributed by atoms with Crippen LogP contribution >= 0.6 is 31.9 Å². The number of benzene rings is 2. The smallest absolute Gasteiger partial charge is 0.243 e. The molecule has 1 amide bonds. The van der Waals surface area contributed by atoms with Crippen LogP contribution in [0.1, 0.15) is 12.5 Å². The van der Waals surface area contributed by atoms with E-state index in [-0.39, 0.29) is 23.9 Å². The van der Waals surface area contributed by atoms with Crippen LogP contribution in [0.25, 0.3) is 0 Å². The van der Waals surface area contributed by atoms with Crippen LogP contribution in [0.4, 0.5) is 5.69 Å². The van der Waals surface area contributed by atoms with Gasteiger partial charge in [-0.1, -0.05) is 38.8 Å². The molecule has 0 radical (unpaired) electrons. The highest BCUT2D eigenvalue weighted by Gasteiger charge is 2.30. The van der Waals surface area contributed by atoms with Gasteiger partial charge in [-0.2, -0.15) is 4.31 Å². The van der Waals surface area contributed by atoms with Crippen LogP contribution in [-0.4, -0.2) is 38.3 Å². The van der Waals surface area contributed by atoms with Crippen molar-refractivity contribution < 1.29 is 13.2 Å². The number of carbonyl (C=O) groups is 1. The molecule has 2 aromatic carbocycles. The second kappa shape index (κ2) is 7.80. The van der Waals surface area contributed by atoms with Gasteiger partial charge >= 0.3 is 0 Å². The maximum absolute atomic E-state index is 12.8. The quantitative estimate of drug-likeness (QED) is 0.625. The van der Waals surface area contributed by atoms with E-state index in [9.17, 15) is 13.2 Å². The maximum atomic E-state index is 12.8. The molecule has 0 fully saturated rings. The molecule has 1 aliphatic rings. The standard InChI is InChI=1S/C18H18Br2N2O3S/c1-2-21(26(24,25)16-6-3-14(19)4-7-16)12-18(23)22-10-9-13-11-15(20)5-8-17(13)22/h3-8,11H,2,9-10,12H2,1H3. The fourth-order valence-corrected chi connectivity index (χ4v) is 5.06. The lowest BCUT2D eigenvalue weighted by Crippen LogP contribution is -2.42. The lowest BCUT2D eigenvalue weighted by molar-refractivity contribution is -0.118. The zero-order chi connectivity index (χ0) is 18.9. The lowest BCUT2D eigenvalue weighted by atomic mass is 10.2. The third kappa shape index (κ3) is 3.88. The molecule has 0 aliphatic carbocycles. The molecule has 0 saturated heterocycles. The Morgan fingerprint density at radius 3 is 2.42 bits per heavy atom. The minimum absolute atomic E-state index is 0.176. The van der Waals surface area contributed by atoms with Crippen molar-refractivity contribution in [2.75, 3.05) is 24.5 Å². The van der Waals surface area contributed by atoms with Gasteiger partial charge < -0.3 is 4.90 Å². The second-order valence-corrected chi connectivity index (χ2v) is 9.72. The second-order valence-electron chi connectivity index (χ2n) is 5.95. The van der Waals surface area contributed by atoms with Crippen molar-refractivity contribution in [1.29, 1.82) is 0 Å². The van der Waals surface area contributed by atoms with Crippen molar-refractivity contribution in [3.05, 3.63) is 57.0 Å². The van der Waals surface area contributed by atoms with Gasteiger partial charge in [-0.05, 0) is 54.4 Å². The molecule has 2 aromatic rings. The minimum atomic E-state index is -3.72. The van der Waals surface area contributed by atoms with Crippen molar-refractivity contribution in [3.8, 4) is 0 Å². The molecule has 0 bridgehead atoms. The Morgan fingerprint density at radius 1 is 1.12 bits per heavy atom. The van der Waals surface area contributed by atoms with E-state index in [2.05, 4.69) is 31.9 Å². The van der Waals surface area contributed by atoms with Gasteiger partial charge in [0.25, 0.3) is 0 Å². The van der Waals surface area contributed by atoms with Crippen molar-refractivity contribution in [2.24, 2.45) is 0 Å². The van der Waals surface area contributed by atoms with E-state index in [0.717, 1.165) is 26.6 Å². The number of nitrogens with zero attached hydrogens (tertiary/aromatic N) is 2. The third-order valence-electron chi connectivity index (χ3n) is 4.35. The first-order chi connectivity index (χ1) is 12.3. The fourth-order valence-electron chi connectivity index (χ4n) is 2.99. The minimum Gasteiger partial charge on any atom is -0.311 e. The third-order valence-corrected chi connectivity index (χ3v) is 7.31. The zero-order valence-electron chi connectivity index (χ0n) is 14.2. The molecule has 1 heterocycles. The van der Waals surface area contributed by atoms with Gasteiger partial charge in [0.1, 0.15) is 0 Å². The van der Waals surface area contributed by atoms with Crippen LogP contribution < -0.4 is 4.90 Å². The number of halogens is 2. The summed E-state index contributed by atoms with van der Waals surface area (Å²) in [6, 6.07) is 12.2. The van der Waals surface area contributed by atoms with E-state index in [1.54, 1.807) is 24.0 Å². The first kappa shape index (κ1) is 19.5. The predicted octanol–water partition coefficient (Wildman–Crippen LogP) is 3.81. The van der Waals surface area contributed by atoms with Crippen molar-refractivity contribution >= 4 is 53.5 Å². The average Bonchev–Trinajstić information content (AvgIpc) is 3.02. The first-order valence-corrected chi connectivity index (χ1v) is 11.2. The molecule has 1 aliphatic heterocycles. The van der Waals surface area contributed by atoms with Gasteiger partial charge in [0.15, 0.2) is 0 Å². The number of hydrogen-bond acceptors (Lipinski definition) is 3. The number of amides is 1. The molecule has 0 unspecified atom stereocenters.